The molecule has 0 bridgehead atoms. The van der Waals surface area contributed by atoms with Crippen LogP contribution in [-0.2, 0) is 6.54 Å². The number of hydrogen-bond acceptors (Lipinski definition) is 2. The molecule has 0 aliphatic heterocycles. The van der Waals surface area contributed by atoms with Crippen LogP contribution < -0.4 is 5.32 Å². The number of benzene rings is 2. The lowest BCUT2D eigenvalue weighted by molar-refractivity contribution is 0.0951. The number of aromatic amines is 1. The van der Waals surface area contributed by atoms with Crippen molar-refractivity contribution in [2.75, 3.05) is 0 Å². The summed E-state index contributed by atoms with van der Waals surface area (Å²) in [6, 6.07) is 13.9. The molecule has 2 N–H and O–H groups in total. The normalized spacial score (nSPS) is 10.5. The van der Waals surface area contributed by atoms with Crippen molar-refractivity contribution in [3.05, 3.63) is 77.2 Å². The van der Waals surface area contributed by atoms with Crippen LogP contribution in [0.4, 0.5) is 4.39 Å². The van der Waals surface area contributed by atoms with Gasteiger partial charge in [-0.25, -0.2) is 4.39 Å². The summed E-state index contributed by atoms with van der Waals surface area (Å²) in [5.74, 6) is -0.518. The van der Waals surface area contributed by atoms with Crippen LogP contribution >= 0.6 is 0 Å². The first kappa shape index (κ1) is 15.0. The summed E-state index contributed by atoms with van der Waals surface area (Å²) in [7, 11) is 0. The number of carbonyl (C=O) groups excluding carboxylic acids is 1. The molecule has 0 spiro atoms. The Morgan fingerprint density at radius 3 is 2.52 bits per heavy atom. The summed E-state index contributed by atoms with van der Waals surface area (Å²) in [4.78, 5) is 12.4. The van der Waals surface area contributed by atoms with E-state index in [0.717, 1.165) is 16.7 Å². The Morgan fingerprint density at radius 1 is 1.13 bits per heavy atom. The largest absolute Gasteiger partial charge is 0.348 e. The Bertz CT molecular complexity index is 807. The second-order valence-electron chi connectivity index (χ2n) is 5.33. The molecule has 5 heteroatoms. The van der Waals surface area contributed by atoms with E-state index >= 15 is 0 Å². The van der Waals surface area contributed by atoms with Gasteiger partial charge in [0.15, 0.2) is 0 Å². The van der Waals surface area contributed by atoms with Crippen LogP contribution in [0.3, 0.4) is 0 Å². The maximum atomic E-state index is 12.9. The van der Waals surface area contributed by atoms with Gasteiger partial charge in [-0.3, -0.25) is 9.89 Å². The van der Waals surface area contributed by atoms with Crippen molar-refractivity contribution in [2.45, 2.75) is 13.5 Å². The maximum Gasteiger partial charge on any atom is 0.255 e. The van der Waals surface area contributed by atoms with Gasteiger partial charge < -0.3 is 5.32 Å². The van der Waals surface area contributed by atoms with Crippen LogP contribution in [0, 0.1) is 12.7 Å². The zero-order valence-corrected chi connectivity index (χ0v) is 12.6. The number of amides is 1. The van der Waals surface area contributed by atoms with E-state index < -0.39 is 0 Å². The third kappa shape index (κ3) is 3.45. The lowest BCUT2D eigenvalue weighted by Crippen LogP contribution is -2.22. The number of nitrogens with one attached hydrogen (secondary N) is 2. The fourth-order valence-electron chi connectivity index (χ4n) is 2.28. The smallest absolute Gasteiger partial charge is 0.255 e. The predicted octanol–water partition coefficient (Wildman–Crippen LogP) is 3.45. The van der Waals surface area contributed by atoms with Crippen LogP contribution in [0.1, 0.15) is 21.5 Å². The number of aromatic nitrogens is 2. The Kier molecular flexibility index (Phi) is 4.19. The first-order valence-corrected chi connectivity index (χ1v) is 7.26. The van der Waals surface area contributed by atoms with E-state index in [9.17, 15) is 9.18 Å². The standard InChI is InChI=1S/C18H16FN3O/c1-12-2-6-14(7-3-12)17-16(11-21-22-17)18(23)20-10-13-4-8-15(19)9-5-13/h2-9,11H,10H2,1H3,(H,20,23)(H,21,22). The molecule has 0 atom stereocenters. The third-order valence-electron chi connectivity index (χ3n) is 3.59. The van der Waals surface area contributed by atoms with E-state index in [4.69, 9.17) is 0 Å². The van der Waals surface area contributed by atoms with E-state index in [1.165, 1.54) is 18.3 Å². The van der Waals surface area contributed by atoms with Gasteiger partial charge in [-0.1, -0.05) is 42.0 Å². The molecule has 0 aliphatic carbocycles. The van der Waals surface area contributed by atoms with Gasteiger partial charge in [0.05, 0.1) is 17.5 Å². The lowest BCUT2D eigenvalue weighted by atomic mass is 10.1. The molecule has 0 saturated carbocycles. The van der Waals surface area contributed by atoms with Gasteiger partial charge in [0, 0.05) is 12.1 Å². The van der Waals surface area contributed by atoms with Crippen LogP contribution in [0.15, 0.2) is 54.7 Å². The molecule has 0 aliphatic rings. The highest BCUT2D eigenvalue weighted by Crippen LogP contribution is 2.21. The van der Waals surface area contributed by atoms with Crippen molar-refractivity contribution in [1.29, 1.82) is 0 Å². The number of carbonyl (C=O) groups is 1. The summed E-state index contributed by atoms with van der Waals surface area (Å²) < 4.78 is 12.9. The Morgan fingerprint density at radius 2 is 1.83 bits per heavy atom. The van der Waals surface area contributed by atoms with Crippen LogP contribution in [0.25, 0.3) is 11.3 Å². The molecule has 3 aromatic rings. The van der Waals surface area contributed by atoms with Gasteiger partial charge in [0.25, 0.3) is 5.91 Å². The summed E-state index contributed by atoms with van der Waals surface area (Å²) in [5.41, 5.74) is 4.05. The Balaban J connectivity index is 1.74. The fraction of sp³-hybridized carbons (Fsp3) is 0.111. The minimum absolute atomic E-state index is 0.223. The zero-order valence-electron chi connectivity index (χ0n) is 12.6. The zero-order chi connectivity index (χ0) is 16.2. The summed E-state index contributed by atoms with van der Waals surface area (Å²) >= 11 is 0. The minimum atomic E-state index is -0.295. The van der Waals surface area contributed by atoms with Crippen LogP contribution in [0.5, 0.6) is 0 Å². The van der Waals surface area contributed by atoms with Crippen molar-refractivity contribution in [3.8, 4) is 11.3 Å². The number of H-pyrrole nitrogens is 1. The van der Waals surface area contributed by atoms with Gasteiger partial charge >= 0.3 is 0 Å². The van der Waals surface area contributed by atoms with Gasteiger partial charge in [-0.05, 0) is 24.6 Å². The van der Waals surface area contributed by atoms with Gasteiger partial charge in [-0.15, -0.1) is 0 Å². The van der Waals surface area contributed by atoms with Crippen LogP contribution in [0.2, 0.25) is 0 Å². The first-order chi connectivity index (χ1) is 11.1. The molecule has 116 valence electrons. The highest BCUT2D eigenvalue weighted by molar-refractivity contribution is 5.99. The van der Waals surface area contributed by atoms with E-state index in [2.05, 4.69) is 15.5 Å². The molecule has 1 heterocycles. The van der Waals surface area contributed by atoms with Crippen molar-refractivity contribution in [2.24, 2.45) is 0 Å². The van der Waals surface area contributed by atoms with Gasteiger partial charge in [-0.2, -0.15) is 5.10 Å². The number of nitrogens with zero attached hydrogens (tertiary/aromatic N) is 1. The average Bonchev–Trinajstić information content (AvgIpc) is 3.04. The molecular formula is C18H16FN3O. The molecule has 0 radical (unpaired) electrons. The topological polar surface area (TPSA) is 57.8 Å². The maximum absolute atomic E-state index is 12.9. The molecule has 1 aromatic heterocycles. The quantitative estimate of drug-likeness (QED) is 0.775. The lowest BCUT2D eigenvalue weighted by Gasteiger charge is -2.06. The molecule has 4 nitrogen and oxygen atoms in total. The number of rotatable bonds is 4. The fourth-order valence-corrected chi connectivity index (χ4v) is 2.28. The molecule has 3 rings (SSSR count). The average molecular weight is 309 g/mol. The Labute approximate surface area is 133 Å². The summed E-state index contributed by atoms with van der Waals surface area (Å²) in [6.45, 7) is 2.34. The van der Waals surface area contributed by atoms with Gasteiger partial charge in [0.2, 0.25) is 0 Å². The van der Waals surface area contributed by atoms with Crippen molar-refractivity contribution >= 4 is 5.91 Å². The van der Waals surface area contributed by atoms with E-state index in [-0.39, 0.29) is 11.7 Å². The van der Waals surface area contributed by atoms with E-state index in [0.29, 0.717) is 17.8 Å². The van der Waals surface area contributed by atoms with Gasteiger partial charge in [0.1, 0.15) is 5.82 Å². The number of aryl methyl sites for hydroxylation is 1. The highest BCUT2D eigenvalue weighted by atomic mass is 19.1. The van der Waals surface area contributed by atoms with Crippen molar-refractivity contribution in [1.82, 2.24) is 15.5 Å². The second kappa shape index (κ2) is 6.44. The molecule has 0 saturated heterocycles. The molecule has 23 heavy (non-hydrogen) atoms. The monoisotopic (exact) mass is 309 g/mol. The second-order valence-corrected chi connectivity index (χ2v) is 5.33. The number of halogens is 1. The van der Waals surface area contributed by atoms with E-state index in [1.807, 2.05) is 31.2 Å². The summed E-state index contributed by atoms with van der Waals surface area (Å²) in [5, 5.41) is 9.66. The van der Waals surface area contributed by atoms with Crippen molar-refractivity contribution in [3.63, 3.8) is 0 Å². The first-order valence-electron chi connectivity index (χ1n) is 7.26. The van der Waals surface area contributed by atoms with E-state index in [1.54, 1.807) is 12.1 Å². The Hall–Kier alpha value is -2.95. The molecule has 2 aromatic carbocycles. The minimum Gasteiger partial charge on any atom is -0.348 e. The summed E-state index contributed by atoms with van der Waals surface area (Å²) in [6.07, 6.45) is 1.51. The SMILES string of the molecule is Cc1ccc(-c2[nH]ncc2C(=O)NCc2ccc(F)cc2)cc1. The highest BCUT2D eigenvalue weighted by Gasteiger charge is 2.14. The molecule has 0 fully saturated rings. The molecule has 1 amide bonds. The number of hydrogen-bond donors (Lipinski definition) is 2. The predicted molar refractivity (Wildman–Crippen MR) is 86.3 cm³/mol. The molecular weight excluding hydrogens is 293 g/mol. The van der Waals surface area contributed by atoms with Crippen LogP contribution in [-0.4, -0.2) is 16.1 Å². The molecule has 0 unspecified atom stereocenters. The van der Waals surface area contributed by atoms with Crippen molar-refractivity contribution < 1.29 is 9.18 Å². The third-order valence-corrected chi connectivity index (χ3v) is 3.59.